The first-order valence-corrected chi connectivity index (χ1v) is 6.40. The van der Waals surface area contributed by atoms with Crippen molar-refractivity contribution < 1.29 is 20.1 Å². The molecule has 2 aliphatic rings. The molecule has 2 atom stereocenters. The van der Waals surface area contributed by atoms with E-state index >= 15 is 0 Å². The van der Waals surface area contributed by atoms with Gasteiger partial charge in [0, 0.05) is 12.0 Å². The standard InChI is InChI=1S/C15H16O4/c16-10-4-1-3-9(7-10)15-13(18)8-11-12(17)5-2-6-14(11)19-15/h2,4-7,13,15-18H,1,3,8H2/t13-,15?/m1/s1. The highest BCUT2D eigenvalue weighted by Gasteiger charge is 2.33. The lowest BCUT2D eigenvalue weighted by Crippen LogP contribution is -2.39. The minimum Gasteiger partial charge on any atom is -0.508 e. The van der Waals surface area contributed by atoms with Gasteiger partial charge in [-0.15, -0.1) is 0 Å². The predicted octanol–water partition coefficient (Wildman–Crippen LogP) is 2.22. The Morgan fingerprint density at radius 2 is 2.05 bits per heavy atom. The number of benzene rings is 1. The molecule has 0 saturated heterocycles. The number of allylic oxidation sites excluding steroid dienone is 2. The Bertz CT molecular complexity index is 559. The fourth-order valence-corrected chi connectivity index (χ4v) is 2.66. The van der Waals surface area contributed by atoms with Gasteiger partial charge in [0.1, 0.15) is 23.4 Å². The third-order valence-corrected chi connectivity index (χ3v) is 3.61. The number of hydrogen-bond donors (Lipinski definition) is 3. The van der Waals surface area contributed by atoms with Crippen LogP contribution >= 0.6 is 0 Å². The lowest BCUT2D eigenvalue weighted by molar-refractivity contribution is 0.0396. The summed E-state index contributed by atoms with van der Waals surface area (Å²) in [7, 11) is 0. The van der Waals surface area contributed by atoms with Gasteiger partial charge in [-0.1, -0.05) is 6.07 Å². The number of aliphatic hydroxyl groups is 2. The highest BCUT2D eigenvalue weighted by molar-refractivity contribution is 5.47. The van der Waals surface area contributed by atoms with Crippen LogP contribution in [0.4, 0.5) is 0 Å². The summed E-state index contributed by atoms with van der Waals surface area (Å²) in [6.45, 7) is 0. The van der Waals surface area contributed by atoms with Crippen LogP contribution in [0.15, 0.2) is 41.7 Å². The summed E-state index contributed by atoms with van der Waals surface area (Å²) in [6, 6.07) is 5.09. The smallest absolute Gasteiger partial charge is 0.146 e. The van der Waals surface area contributed by atoms with Crippen LogP contribution in [0, 0.1) is 0 Å². The van der Waals surface area contributed by atoms with Crippen LogP contribution in [0.3, 0.4) is 0 Å². The van der Waals surface area contributed by atoms with Crippen LogP contribution in [-0.4, -0.2) is 27.5 Å². The molecule has 1 unspecified atom stereocenters. The lowest BCUT2D eigenvalue weighted by atomic mass is 9.90. The molecule has 100 valence electrons. The average Bonchev–Trinajstić information content (AvgIpc) is 2.39. The molecule has 3 N–H and O–H groups in total. The molecule has 0 fully saturated rings. The van der Waals surface area contributed by atoms with Crippen LogP contribution in [-0.2, 0) is 6.42 Å². The van der Waals surface area contributed by atoms with E-state index in [-0.39, 0.29) is 11.5 Å². The number of hydrogen-bond acceptors (Lipinski definition) is 4. The van der Waals surface area contributed by atoms with Crippen molar-refractivity contribution in [1.29, 1.82) is 0 Å². The summed E-state index contributed by atoms with van der Waals surface area (Å²) in [5.41, 5.74) is 1.53. The minimum atomic E-state index is -0.710. The van der Waals surface area contributed by atoms with Crippen molar-refractivity contribution in [3.63, 3.8) is 0 Å². The van der Waals surface area contributed by atoms with Crippen molar-refractivity contribution in [2.45, 2.75) is 31.5 Å². The van der Waals surface area contributed by atoms with E-state index in [9.17, 15) is 15.3 Å². The maximum atomic E-state index is 10.2. The Labute approximate surface area is 111 Å². The molecule has 4 heteroatoms. The monoisotopic (exact) mass is 260 g/mol. The Hall–Kier alpha value is -1.94. The molecule has 0 saturated carbocycles. The van der Waals surface area contributed by atoms with Crippen molar-refractivity contribution in [2.75, 3.05) is 0 Å². The van der Waals surface area contributed by atoms with Gasteiger partial charge in [0.2, 0.25) is 0 Å². The number of aromatic hydroxyl groups is 1. The Kier molecular flexibility index (Phi) is 2.95. The number of rotatable bonds is 1. The van der Waals surface area contributed by atoms with Crippen LogP contribution in [0.5, 0.6) is 11.5 Å². The van der Waals surface area contributed by atoms with E-state index in [1.54, 1.807) is 30.4 Å². The van der Waals surface area contributed by atoms with Crippen molar-refractivity contribution in [1.82, 2.24) is 0 Å². The van der Waals surface area contributed by atoms with Gasteiger partial charge in [-0.3, -0.25) is 0 Å². The topological polar surface area (TPSA) is 69.9 Å². The second-order valence-corrected chi connectivity index (χ2v) is 4.95. The second kappa shape index (κ2) is 4.63. The van der Waals surface area contributed by atoms with E-state index in [1.165, 1.54) is 0 Å². The van der Waals surface area contributed by atoms with E-state index in [4.69, 9.17) is 4.74 Å². The Morgan fingerprint density at radius 1 is 1.21 bits per heavy atom. The summed E-state index contributed by atoms with van der Waals surface area (Å²) in [6.07, 6.45) is 4.11. The van der Waals surface area contributed by atoms with Crippen LogP contribution < -0.4 is 4.74 Å². The zero-order chi connectivity index (χ0) is 13.4. The largest absolute Gasteiger partial charge is 0.508 e. The molecule has 4 nitrogen and oxygen atoms in total. The quantitative estimate of drug-likeness (QED) is 0.724. The van der Waals surface area contributed by atoms with Crippen LogP contribution in [0.25, 0.3) is 0 Å². The Balaban J connectivity index is 1.92. The summed E-state index contributed by atoms with van der Waals surface area (Å²) in [5.74, 6) is 0.972. The molecule has 1 aromatic rings. The van der Waals surface area contributed by atoms with Gasteiger partial charge >= 0.3 is 0 Å². The van der Waals surface area contributed by atoms with Crippen LogP contribution in [0.2, 0.25) is 0 Å². The molecule has 1 aliphatic heterocycles. The molecular formula is C15H16O4. The van der Waals surface area contributed by atoms with Crippen molar-refractivity contribution >= 4 is 0 Å². The third kappa shape index (κ3) is 2.19. The second-order valence-electron chi connectivity index (χ2n) is 4.95. The van der Waals surface area contributed by atoms with Crippen molar-refractivity contribution in [2.24, 2.45) is 0 Å². The molecule has 0 spiro atoms. The third-order valence-electron chi connectivity index (χ3n) is 3.61. The Morgan fingerprint density at radius 3 is 2.84 bits per heavy atom. The highest BCUT2D eigenvalue weighted by Crippen LogP contribution is 2.37. The predicted molar refractivity (Wildman–Crippen MR) is 70.3 cm³/mol. The zero-order valence-corrected chi connectivity index (χ0v) is 10.4. The van der Waals surface area contributed by atoms with Gasteiger partial charge in [0.25, 0.3) is 0 Å². The molecule has 1 aliphatic carbocycles. The number of phenols is 1. The van der Waals surface area contributed by atoms with Crippen LogP contribution in [0.1, 0.15) is 18.4 Å². The molecule has 1 aromatic carbocycles. The van der Waals surface area contributed by atoms with Gasteiger partial charge < -0.3 is 20.1 Å². The summed E-state index contributed by atoms with van der Waals surface area (Å²) >= 11 is 0. The number of ether oxygens (including phenoxy) is 1. The normalized spacial score (nSPS) is 25.9. The van der Waals surface area contributed by atoms with Gasteiger partial charge in [0.15, 0.2) is 0 Å². The van der Waals surface area contributed by atoms with E-state index in [0.29, 0.717) is 17.7 Å². The first-order valence-electron chi connectivity index (χ1n) is 6.40. The van der Waals surface area contributed by atoms with Crippen molar-refractivity contribution in [3.05, 3.63) is 47.2 Å². The van der Waals surface area contributed by atoms with Gasteiger partial charge in [-0.2, -0.15) is 0 Å². The molecular weight excluding hydrogens is 244 g/mol. The molecule has 19 heavy (non-hydrogen) atoms. The highest BCUT2D eigenvalue weighted by atomic mass is 16.5. The fourth-order valence-electron chi connectivity index (χ4n) is 2.66. The van der Waals surface area contributed by atoms with E-state index in [2.05, 4.69) is 0 Å². The molecule has 0 bridgehead atoms. The van der Waals surface area contributed by atoms with E-state index in [0.717, 1.165) is 18.4 Å². The van der Waals surface area contributed by atoms with Gasteiger partial charge in [-0.25, -0.2) is 0 Å². The summed E-state index contributed by atoms with van der Waals surface area (Å²) in [5, 5.41) is 29.5. The zero-order valence-electron chi connectivity index (χ0n) is 10.4. The maximum absolute atomic E-state index is 10.2. The lowest BCUT2D eigenvalue weighted by Gasteiger charge is -2.33. The number of phenolic OH excluding ortho intramolecular Hbond substituents is 1. The van der Waals surface area contributed by atoms with Gasteiger partial charge in [0.05, 0.1) is 6.10 Å². The first-order chi connectivity index (χ1) is 9.15. The summed E-state index contributed by atoms with van der Waals surface area (Å²) < 4.78 is 5.80. The molecule has 3 rings (SSSR count). The molecule has 0 radical (unpaired) electrons. The molecule has 0 amide bonds. The molecule has 0 aromatic heterocycles. The first kappa shape index (κ1) is 12.1. The van der Waals surface area contributed by atoms with E-state index in [1.807, 2.05) is 0 Å². The average molecular weight is 260 g/mol. The maximum Gasteiger partial charge on any atom is 0.146 e. The molecule has 1 heterocycles. The van der Waals surface area contributed by atoms with E-state index < -0.39 is 12.2 Å². The van der Waals surface area contributed by atoms with Crippen molar-refractivity contribution in [3.8, 4) is 11.5 Å². The number of fused-ring (bicyclic) bond motifs is 1. The number of aliphatic hydroxyl groups excluding tert-OH is 2. The SMILES string of the molecule is OC1=CCCC(C2Oc3cccc(O)c3C[C@H]2O)=C1. The minimum absolute atomic E-state index is 0.148. The fraction of sp³-hybridized carbons (Fsp3) is 0.333. The van der Waals surface area contributed by atoms with Gasteiger partial charge in [-0.05, 0) is 42.7 Å². The summed E-state index contributed by atoms with van der Waals surface area (Å²) in [4.78, 5) is 0.